The lowest BCUT2D eigenvalue weighted by molar-refractivity contribution is -0.143. The van der Waals surface area contributed by atoms with Crippen LogP contribution in [0.1, 0.15) is 32.8 Å². The number of esters is 1. The number of fused-ring (bicyclic) bond motifs is 1. The van der Waals surface area contributed by atoms with Crippen molar-refractivity contribution in [3.63, 3.8) is 0 Å². The van der Waals surface area contributed by atoms with Crippen LogP contribution < -0.4 is 9.47 Å². The van der Waals surface area contributed by atoms with Gasteiger partial charge < -0.3 is 14.2 Å². The lowest BCUT2D eigenvalue weighted by Gasteiger charge is -2.16. The van der Waals surface area contributed by atoms with E-state index in [2.05, 4.69) is 0 Å². The van der Waals surface area contributed by atoms with Crippen LogP contribution in [0.2, 0.25) is 0 Å². The van der Waals surface area contributed by atoms with Crippen LogP contribution in [0.25, 0.3) is 0 Å². The normalized spacial score (nSPS) is 15.5. The minimum absolute atomic E-state index is 0.171. The van der Waals surface area contributed by atoms with Crippen molar-refractivity contribution < 1.29 is 19.0 Å². The summed E-state index contributed by atoms with van der Waals surface area (Å²) in [6, 6.07) is 5.75. The molecule has 0 saturated heterocycles. The molecule has 1 aliphatic rings. The van der Waals surface area contributed by atoms with Crippen molar-refractivity contribution in [2.75, 3.05) is 6.61 Å². The number of rotatable bonds is 4. The molecule has 0 unspecified atom stereocenters. The second kappa shape index (κ2) is 4.88. The van der Waals surface area contributed by atoms with Gasteiger partial charge in [-0.3, -0.25) is 4.79 Å². The average Bonchev–Trinajstić information content (AvgIpc) is 2.59. The minimum Gasteiger partial charge on any atom is -0.466 e. The first kappa shape index (κ1) is 12.7. The maximum Gasteiger partial charge on any atom is 0.306 e. The average molecular weight is 250 g/mol. The highest BCUT2D eigenvalue weighted by Gasteiger charge is 2.31. The molecule has 0 atom stereocenters. The zero-order valence-corrected chi connectivity index (χ0v) is 11.0. The van der Waals surface area contributed by atoms with E-state index < -0.39 is 5.79 Å². The Labute approximate surface area is 107 Å². The van der Waals surface area contributed by atoms with E-state index in [0.29, 0.717) is 19.4 Å². The van der Waals surface area contributed by atoms with Crippen LogP contribution in [0, 0.1) is 0 Å². The van der Waals surface area contributed by atoms with E-state index in [-0.39, 0.29) is 5.97 Å². The van der Waals surface area contributed by atoms with Crippen LogP contribution in [0.4, 0.5) is 0 Å². The van der Waals surface area contributed by atoms with Gasteiger partial charge in [-0.05, 0) is 31.0 Å². The summed E-state index contributed by atoms with van der Waals surface area (Å²) in [5.74, 6) is 0.707. The molecule has 0 saturated carbocycles. The molecule has 0 amide bonds. The van der Waals surface area contributed by atoms with Gasteiger partial charge in [-0.15, -0.1) is 0 Å². The third-order valence-corrected chi connectivity index (χ3v) is 2.64. The van der Waals surface area contributed by atoms with Crippen molar-refractivity contribution in [1.29, 1.82) is 0 Å². The van der Waals surface area contributed by atoms with Crippen LogP contribution in [0.5, 0.6) is 11.5 Å². The van der Waals surface area contributed by atoms with Gasteiger partial charge in [0.05, 0.1) is 6.61 Å². The number of hydrogen-bond acceptors (Lipinski definition) is 4. The Morgan fingerprint density at radius 1 is 1.28 bits per heavy atom. The largest absolute Gasteiger partial charge is 0.466 e. The van der Waals surface area contributed by atoms with Gasteiger partial charge in [0.25, 0.3) is 0 Å². The third kappa shape index (κ3) is 2.94. The Morgan fingerprint density at radius 2 is 2.00 bits per heavy atom. The first-order chi connectivity index (χ1) is 8.50. The van der Waals surface area contributed by atoms with Crippen LogP contribution in [-0.4, -0.2) is 18.4 Å². The molecule has 0 bridgehead atoms. The van der Waals surface area contributed by atoms with Gasteiger partial charge >= 0.3 is 5.97 Å². The molecule has 0 aromatic heterocycles. The van der Waals surface area contributed by atoms with Gasteiger partial charge in [-0.2, -0.15) is 0 Å². The fourth-order valence-electron chi connectivity index (χ4n) is 1.90. The molecule has 4 heteroatoms. The highest BCUT2D eigenvalue weighted by Crippen LogP contribution is 2.39. The molecule has 1 aromatic carbocycles. The molecule has 1 heterocycles. The van der Waals surface area contributed by atoms with Crippen molar-refractivity contribution in [1.82, 2.24) is 0 Å². The van der Waals surface area contributed by atoms with E-state index in [1.807, 2.05) is 32.0 Å². The van der Waals surface area contributed by atoms with Crippen molar-refractivity contribution in [3.05, 3.63) is 23.8 Å². The molecule has 4 nitrogen and oxygen atoms in total. The van der Waals surface area contributed by atoms with Crippen molar-refractivity contribution in [3.8, 4) is 11.5 Å². The van der Waals surface area contributed by atoms with E-state index in [1.165, 1.54) is 0 Å². The second-order valence-corrected chi connectivity index (χ2v) is 4.69. The first-order valence-electron chi connectivity index (χ1n) is 6.17. The number of benzene rings is 1. The van der Waals surface area contributed by atoms with Crippen molar-refractivity contribution in [2.45, 2.75) is 39.4 Å². The highest BCUT2D eigenvalue weighted by molar-refractivity contribution is 5.69. The summed E-state index contributed by atoms with van der Waals surface area (Å²) in [4.78, 5) is 11.3. The first-order valence-corrected chi connectivity index (χ1v) is 6.17. The summed E-state index contributed by atoms with van der Waals surface area (Å²) in [5.41, 5.74) is 1.04. The van der Waals surface area contributed by atoms with Gasteiger partial charge in [-0.25, -0.2) is 0 Å². The van der Waals surface area contributed by atoms with Gasteiger partial charge in [0.15, 0.2) is 11.5 Å². The van der Waals surface area contributed by atoms with Crippen molar-refractivity contribution in [2.24, 2.45) is 0 Å². The van der Waals surface area contributed by atoms with E-state index in [9.17, 15) is 4.79 Å². The number of ether oxygens (including phenoxy) is 3. The molecule has 1 aliphatic heterocycles. The molecular formula is C14H18O4. The van der Waals surface area contributed by atoms with Crippen LogP contribution in [0.15, 0.2) is 18.2 Å². The Hall–Kier alpha value is -1.71. The molecule has 0 radical (unpaired) electrons. The molecular weight excluding hydrogens is 232 g/mol. The Morgan fingerprint density at radius 3 is 2.72 bits per heavy atom. The summed E-state index contributed by atoms with van der Waals surface area (Å²) in [5, 5.41) is 0. The monoisotopic (exact) mass is 250 g/mol. The van der Waals surface area contributed by atoms with E-state index in [1.54, 1.807) is 6.92 Å². The van der Waals surface area contributed by atoms with Crippen LogP contribution in [0.3, 0.4) is 0 Å². The maximum absolute atomic E-state index is 11.3. The minimum atomic E-state index is -0.609. The number of carbonyl (C=O) groups is 1. The SMILES string of the molecule is CCOC(=O)CCc1ccc2c(c1)OC(C)(C)O2. The third-order valence-electron chi connectivity index (χ3n) is 2.64. The molecule has 0 spiro atoms. The maximum atomic E-state index is 11.3. The molecule has 0 fully saturated rings. The lowest BCUT2D eigenvalue weighted by atomic mass is 10.1. The number of carbonyl (C=O) groups excluding carboxylic acids is 1. The molecule has 0 N–H and O–H groups in total. The quantitative estimate of drug-likeness (QED) is 0.771. The van der Waals surface area contributed by atoms with E-state index in [4.69, 9.17) is 14.2 Å². The molecule has 98 valence electrons. The Bertz CT molecular complexity index is 451. The zero-order valence-electron chi connectivity index (χ0n) is 11.0. The summed E-state index contributed by atoms with van der Waals surface area (Å²) in [6.07, 6.45) is 1.03. The Kier molecular flexibility index (Phi) is 3.45. The van der Waals surface area contributed by atoms with Gasteiger partial charge in [0, 0.05) is 20.3 Å². The van der Waals surface area contributed by atoms with Crippen LogP contribution >= 0.6 is 0 Å². The smallest absolute Gasteiger partial charge is 0.306 e. The van der Waals surface area contributed by atoms with Crippen molar-refractivity contribution >= 4 is 5.97 Å². The second-order valence-electron chi connectivity index (χ2n) is 4.69. The zero-order chi connectivity index (χ0) is 13.2. The molecule has 2 rings (SSSR count). The fraction of sp³-hybridized carbons (Fsp3) is 0.500. The predicted octanol–water partition coefficient (Wildman–Crippen LogP) is 2.69. The fourth-order valence-corrected chi connectivity index (χ4v) is 1.90. The lowest BCUT2D eigenvalue weighted by Crippen LogP contribution is -2.29. The summed E-state index contributed by atoms with van der Waals surface area (Å²) < 4.78 is 16.1. The summed E-state index contributed by atoms with van der Waals surface area (Å²) in [6.45, 7) is 5.96. The molecule has 1 aromatic rings. The number of aryl methyl sites for hydroxylation is 1. The van der Waals surface area contributed by atoms with Crippen LogP contribution in [-0.2, 0) is 16.0 Å². The Balaban J connectivity index is 1.99. The molecule has 18 heavy (non-hydrogen) atoms. The summed E-state index contributed by atoms with van der Waals surface area (Å²) in [7, 11) is 0. The standard InChI is InChI=1S/C14H18O4/c1-4-16-13(15)8-6-10-5-7-11-12(9-10)18-14(2,3)17-11/h5,7,9H,4,6,8H2,1-3H3. The van der Waals surface area contributed by atoms with Gasteiger partial charge in [0.2, 0.25) is 5.79 Å². The summed E-state index contributed by atoms with van der Waals surface area (Å²) >= 11 is 0. The predicted molar refractivity (Wildman–Crippen MR) is 66.7 cm³/mol. The molecule has 0 aliphatic carbocycles. The highest BCUT2D eigenvalue weighted by atomic mass is 16.7. The van der Waals surface area contributed by atoms with E-state index >= 15 is 0 Å². The van der Waals surface area contributed by atoms with E-state index in [0.717, 1.165) is 17.1 Å². The van der Waals surface area contributed by atoms with Gasteiger partial charge in [-0.1, -0.05) is 6.07 Å². The van der Waals surface area contributed by atoms with Gasteiger partial charge in [0.1, 0.15) is 0 Å². The topological polar surface area (TPSA) is 44.8 Å². The number of hydrogen-bond donors (Lipinski definition) is 0.